The first-order valence-corrected chi connectivity index (χ1v) is 5.80. The van der Waals surface area contributed by atoms with Gasteiger partial charge in [0.05, 0.1) is 11.0 Å². The number of rotatable bonds is 5. The van der Waals surface area contributed by atoms with E-state index in [9.17, 15) is 0 Å². The summed E-state index contributed by atoms with van der Waals surface area (Å²) in [6, 6.07) is 8.26. The second-order valence-electron chi connectivity index (χ2n) is 3.95. The molecular weight excluding hydrogens is 236 g/mol. The lowest BCUT2D eigenvalue weighted by Gasteiger charge is -2.07. The van der Waals surface area contributed by atoms with E-state index in [0.717, 1.165) is 17.9 Å². The molecule has 94 valence electrons. The smallest absolute Gasteiger partial charge is 0.135 e. The lowest BCUT2D eigenvalue weighted by atomic mass is 10.3. The largest absolute Gasteiger partial charge is 1.00 e. The van der Waals surface area contributed by atoms with E-state index in [0.29, 0.717) is 6.61 Å². The first-order chi connectivity index (χ1) is 7.86. The van der Waals surface area contributed by atoms with Gasteiger partial charge >= 0.3 is 0 Å². The van der Waals surface area contributed by atoms with Crippen LogP contribution in [0.5, 0.6) is 0 Å². The number of halogens is 1. The second-order valence-corrected chi connectivity index (χ2v) is 3.95. The van der Waals surface area contributed by atoms with Crippen molar-refractivity contribution >= 4 is 11.0 Å². The summed E-state index contributed by atoms with van der Waals surface area (Å²) in [5.74, 6) is 1.03. The molecule has 0 N–H and O–H groups in total. The third-order valence-corrected chi connectivity index (χ3v) is 2.74. The van der Waals surface area contributed by atoms with Crippen LogP contribution in [0.25, 0.3) is 11.0 Å². The maximum Gasteiger partial charge on any atom is 0.135 e. The molecule has 2 aromatic rings. The van der Waals surface area contributed by atoms with Gasteiger partial charge in [-0.25, -0.2) is 4.98 Å². The molecule has 0 atom stereocenters. The maximum atomic E-state index is 5.19. The molecule has 0 radical (unpaired) electrons. The summed E-state index contributed by atoms with van der Waals surface area (Å²) in [4.78, 5) is 4.59. The number of benzene rings is 1. The number of hydrogen-bond acceptors (Lipinski definition) is 2. The number of nitrogens with zero attached hydrogens (tertiary/aromatic N) is 2. The zero-order chi connectivity index (χ0) is 11.4. The van der Waals surface area contributed by atoms with Crippen molar-refractivity contribution < 1.29 is 17.1 Å². The molecule has 3 nitrogen and oxygen atoms in total. The van der Waals surface area contributed by atoms with E-state index in [2.05, 4.69) is 34.7 Å². The Morgan fingerprint density at radius 1 is 1.29 bits per heavy atom. The fourth-order valence-electron chi connectivity index (χ4n) is 1.93. The van der Waals surface area contributed by atoms with Crippen LogP contribution < -0.4 is 12.4 Å². The number of methoxy groups -OCH3 is 1. The average molecular weight is 254 g/mol. The van der Waals surface area contributed by atoms with Crippen LogP contribution in [0, 0.1) is 0 Å². The normalized spacial score (nSPS) is 10.5. The molecular formula is C13H18ClN2O-. The van der Waals surface area contributed by atoms with Crippen LogP contribution in [0.15, 0.2) is 24.3 Å². The number of imidazole rings is 1. The van der Waals surface area contributed by atoms with Crippen LogP contribution in [0.1, 0.15) is 25.6 Å². The van der Waals surface area contributed by atoms with E-state index >= 15 is 0 Å². The highest BCUT2D eigenvalue weighted by Crippen LogP contribution is 2.17. The Balaban J connectivity index is 0.00000144. The Morgan fingerprint density at radius 2 is 2.06 bits per heavy atom. The quantitative estimate of drug-likeness (QED) is 0.749. The molecule has 2 rings (SSSR count). The van der Waals surface area contributed by atoms with E-state index < -0.39 is 0 Å². The van der Waals surface area contributed by atoms with Gasteiger partial charge < -0.3 is 21.7 Å². The van der Waals surface area contributed by atoms with Crippen molar-refractivity contribution in [1.29, 1.82) is 0 Å². The van der Waals surface area contributed by atoms with Gasteiger partial charge in [0.2, 0.25) is 0 Å². The molecule has 17 heavy (non-hydrogen) atoms. The first-order valence-electron chi connectivity index (χ1n) is 5.80. The van der Waals surface area contributed by atoms with Gasteiger partial charge in [-0.15, -0.1) is 0 Å². The number of ether oxygens (including phenoxy) is 1. The molecule has 4 heteroatoms. The minimum atomic E-state index is 0. The molecule has 1 heterocycles. The van der Waals surface area contributed by atoms with Gasteiger partial charge in [0.15, 0.2) is 0 Å². The molecule has 1 aromatic heterocycles. The predicted molar refractivity (Wildman–Crippen MR) is 65.4 cm³/mol. The highest BCUT2D eigenvalue weighted by molar-refractivity contribution is 5.75. The summed E-state index contributed by atoms with van der Waals surface area (Å²) in [6.07, 6.45) is 2.37. The predicted octanol–water partition coefficient (Wildman–Crippen LogP) is -0.0132. The second kappa shape index (κ2) is 6.62. The van der Waals surface area contributed by atoms with Crippen LogP contribution in [-0.2, 0) is 17.9 Å². The number of unbranched alkanes of at least 4 members (excludes halogenated alkanes) is 1. The Bertz CT molecular complexity index is 467. The standard InChI is InChI=1S/C13H18N2O.ClH/c1-3-4-9-15-12-8-6-5-7-11(12)14-13(15)10-16-2;/h5-8H,3-4,9-10H2,1-2H3;1H/p-1. The topological polar surface area (TPSA) is 27.1 Å². The zero-order valence-electron chi connectivity index (χ0n) is 10.3. The summed E-state index contributed by atoms with van der Waals surface area (Å²) < 4.78 is 7.46. The monoisotopic (exact) mass is 253 g/mol. The number of hydrogen-bond donors (Lipinski definition) is 0. The Kier molecular flexibility index (Phi) is 5.45. The van der Waals surface area contributed by atoms with Gasteiger partial charge in [-0.05, 0) is 18.6 Å². The van der Waals surface area contributed by atoms with E-state index in [-0.39, 0.29) is 12.4 Å². The average Bonchev–Trinajstić information content (AvgIpc) is 2.65. The molecule has 0 spiro atoms. The van der Waals surface area contributed by atoms with Gasteiger partial charge in [0.1, 0.15) is 12.4 Å². The lowest BCUT2D eigenvalue weighted by molar-refractivity contribution is -0.00000369. The molecule has 0 saturated carbocycles. The molecule has 0 saturated heterocycles. The van der Waals surface area contributed by atoms with Gasteiger partial charge in [-0.2, -0.15) is 0 Å². The van der Waals surface area contributed by atoms with Crippen molar-refractivity contribution in [3.63, 3.8) is 0 Å². The van der Waals surface area contributed by atoms with Crippen molar-refractivity contribution in [1.82, 2.24) is 9.55 Å². The summed E-state index contributed by atoms with van der Waals surface area (Å²) >= 11 is 0. The Morgan fingerprint density at radius 3 is 2.76 bits per heavy atom. The van der Waals surface area contributed by atoms with Crippen molar-refractivity contribution in [2.45, 2.75) is 32.9 Å². The molecule has 0 bridgehead atoms. The third kappa shape index (κ3) is 2.99. The Labute approximate surface area is 108 Å². The van der Waals surface area contributed by atoms with Crippen LogP contribution in [0.4, 0.5) is 0 Å². The number of para-hydroxylation sites is 2. The number of aryl methyl sites for hydroxylation is 1. The summed E-state index contributed by atoms with van der Waals surface area (Å²) in [6.45, 7) is 3.81. The van der Waals surface area contributed by atoms with Crippen molar-refractivity contribution in [3.05, 3.63) is 30.1 Å². The van der Waals surface area contributed by atoms with Gasteiger partial charge in [-0.3, -0.25) is 0 Å². The van der Waals surface area contributed by atoms with Gasteiger partial charge in [0, 0.05) is 13.7 Å². The minimum absolute atomic E-state index is 0. The molecule has 0 unspecified atom stereocenters. The van der Waals surface area contributed by atoms with Gasteiger partial charge in [-0.1, -0.05) is 25.5 Å². The van der Waals surface area contributed by atoms with Crippen LogP contribution in [-0.4, -0.2) is 16.7 Å². The van der Waals surface area contributed by atoms with Crippen LogP contribution in [0.3, 0.4) is 0 Å². The number of aromatic nitrogens is 2. The summed E-state index contributed by atoms with van der Waals surface area (Å²) in [7, 11) is 1.71. The van der Waals surface area contributed by atoms with E-state index in [1.165, 1.54) is 18.4 Å². The third-order valence-electron chi connectivity index (χ3n) is 2.74. The van der Waals surface area contributed by atoms with Crippen molar-refractivity contribution in [2.24, 2.45) is 0 Å². The van der Waals surface area contributed by atoms with Crippen LogP contribution in [0.2, 0.25) is 0 Å². The highest BCUT2D eigenvalue weighted by Gasteiger charge is 2.08. The number of fused-ring (bicyclic) bond motifs is 1. The first kappa shape index (κ1) is 14.0. The molecule has 0 aliphatic heterocycles. The van der Waals surface area contributed by atoms with E-state index in [4.69, 9.17) is 4.74 Å². The summed E-state index contributed by atoms with van der Waals surface area (Å²) in [5, 5.41) is 0. The molecule has 0 aliphatic rings. The summed E-state index contributed by atoms with van der Waals surface area (Å²) in [5.41, 5.74) is 2.27. The van der Waals surface area contributed by atoms with Gasteiger partial charge in [0.25, 0.3) is 0 Å². The lowest BCUT2D eigenvalue weighted by Crippen LogP contribution is -3.00. The molecule has 0 amide bonds. The molecule has 1 aromatic carbocycles. The maximum absolute atomic E-state index is 5.19. The minimum Gasteiger partial charge on any atom is -1.00 e. The Hall–Kier alpha value is -1.06. The highest BCUT2D eigenvalue weighted by atomic mass is 35.5. The van der Waals surface area contributed by atoms with Crippen LogP contribution >= 0.6 is 0 Å². The van der Waals surface area contributed by atoms with Crippen molar-refractivity contribution in [3.8, 4) is 0 Å². The van der Waals surface area contributed by atoms with E-state index in [1.54, 1.807) is 7.11 Å². The fraction of sp³-hybridized carbons (Fsp3) is 0.462. The fourth-order valence-corrected chi connectivity index (χ4v) is 1.93. The zero-order valence-corrected chi connectivity index (χ0v) is 11.1. The molecule has 0 fully saturated rings. The van der Waals surface area contributed by atoms with Crippen molar-refractivity contribution in [2.75, 3.05) is 7.11 Å². The molecule has 0 aliphatic carbocycles. The van der Waals surface area contributed by atoms with E-state index in [1.807, 2.05) is 6.07 Å². The SMILES string of the molecule is CCCCn1c(COC)nc2ccccc21.[Cl-].